The van der Waals surface area contributed by atoms with Crippen LogP contribution in [0, 0.1) is 0 Å². The summed E-state index contributed by atoms with van der Waals surface area (Å²) >= 11 is 0. The van der Waals surface area contributed by atoms with Crippen molar-refractivity contribution in [1.82, 2.24) is 5.32 Å². The molecule has 1 N–H and O–H groups in total. The van der Waals surface area contributed by atoms with Gasteiger partial charge in [0.15, 0.2) is 0 Å². The van der Waals surface area contributed by atoms with Gasteiger partial charge in [-0.25, -0.2) is 9.59 Å². The second-order valence-electron chi connectivity index (χ2n) is 4.73. The minimum atomic E-state index is -0.478. The molecule has 18 heavy (non-hydrogen) atoms. The zero-order valence-corrected chi connectivity index (χ0v) is 11.6. The van der Waals surface area contributed by atoms with Crippen molar-refractivity contribution in [3.05, 3.63) is 12.2 Å². The van der Waals surface area contributed by atoms with Gasteiger partial charge in [-0.2, -0.15) is 0 Å². The standard InChI is InChI=1S/C13H23NO4/c1-5-17-11(15)9-7-6-8-10-14-12(16)18-13(2,3)4/h7,9H,5-6,8,10H2,1-4H3,(H,14,16)/b9-7-. The lowest BCUT2D eigenvalue weighted by molar-refractivity contribution is -0.137. The molecule has 104 valence electrons. The van der Waals surface area contributed by atoms with Crippen molar-refractivity contribution in [2.45, 2.75) is 46.1 Å². The van der Waals surface area contributed by atoms with E-state index in [2.05, 4.69) is 5.32 Å². The third-order valence-corrected chi connectivity index (χ3v) is 1.76. The summed E-state index contributed by atoms with van der Waals surface area (Å²) in [6, 6.07) is 0. The Morgan fingerprint density at radius 2 is 1.94 bits per heavy atom. The first kappa shape index (κ1) is 16.5. The van der Waals surface area contributed by atoms with Gasteiger partial charge in [-0.1, -0.05) is 6.08 Å². The first-order chi connectivity index (χ1) is 8.35. The number of allylic oxidation sites excluding steroid dienone is 1. The number of esters is 1. The molecule has 0 aliphatic carbocycles. The molecule has 0 atom stereocenters. The van der Waals surface area contributed by atoms with Crippen LogP contribution in [0.2, 0.25) is 0 Å². The van der Waals surface area contributed by atoms with Crippen LogP contribution in [-0.2, 0) is 14.3 Å². The van der Waals surface area contributed by atoms with Gasteiger partial charge in [0.1, 0.15) is 5.60 Å². The van der Waals surface area contributed by atoms with Gasteiger partial charge in [-0.05, 0) is 40.5 Å². The maximum Gasteiger partial charge on any atom is 0.407 e. The summed E-state index contributed by atoms with van der Waals surface area (Å²) in [7, 11) is 0. The van der Waals surface area contributed by atoms with Crippen LogP contribution in [0.3, 0.4) is 0 Å². The first-order valence-corrected chi connectivity index (χ1v) is 6.15. The molecule has 0 aromatic heterocycles. The average molecular weight is 257 g/mol. The number of hydrogen-bond donors (Lipinski definition) is 1. The summed E-state index contributed by atoms with van der Waals surface area (Å²) in [5.74, 6) is -0.336. The molecule has 0 radical (unpaired) electrons. The lowest BCUT2D eigenvalue weighted by Gasteiger charge is -2.19. The zero-order chi connectivity index (χ0) is 14.0. The van der Waals surface area contributed by atoms with E-state index < -0.39 is 11.7 Å². The van der Waals surface area contributed by atoms with E-state index in [1.165, 1.54) is 6.08 Å². The number of rotatable bonds is 6. The second kappa shape index (κ2) is 8.55. The van der Waals surface area contributed by atoms with Crippen LogP contribution in [0.5, 0.6) is 0 Å². The fourth-order valence-corrected chi connectivity index (χ4v) is 1.09. The van der Waals surface area contributed by atoms with Crippen LogP contribution in [-0.4, -0.2) is 30.8 Å². The Morgan fingerprint density at radius 1 is 1.28 bits per heavy atom. The number of unbranched alkanes of at least 4 members (excludes halogenated alkanes) is 1. The van der Waals surface area contributed by atoms with E-state index in [0.29, 0.717) is 19.6 Å². The Morgan fingerprint density at radius 3 is 2.50 bits per heavy atom. The second-order valence-corrected chi connectivity index (χ2v) is 4.73. The van der Waals surface area contributed by atoms with Gasteiger partial charge in [-0.15, -0.1) is 0 Å². The van der Waals surface area contributed by atoms with Crippen molar-refractivity contribution in [3.8, 4) is 0 Å². The van der Waals surface area contributed by atoms with Crippen LogP contribution < -0.4 is 5.32 Å². The van der Waals surface area contributed by atoms with Crippen LogP contribution >= 0.6 is 0 Å². The fourth-order valence-electron chi connectivity index (χ4n) is 1.09. The van der Waals surface area contributed by atoms with Gasteiger partial charge in [0.05, 0.1) is 6.61 Å². The number of ether oxygens (including phenoxy) is 2. The van der Waals surface area contributed by atoms with Crippen molar-refractivity contribution in [3.63, 3.8) is 0 Å². The van der Waals surface area contributed by atoms with E-state index in [0.717, 1.165) is 6.42 Å². The molecule has 0 saturated heterocycles. The number of carbonyl (C=O) groups is 2. The lowest BCUT2D eigenvalue weighted by atomic mass is 10.2. The summed E-state index contributed by atoms with van der Waals surface area (Å²) in [6.07, 6.45) is 4.16. The fraction of sp³-hybridized carbons (Fsp3) is 0.692. The summed E-state index contributed by atoms with van der Waals surface area (Å²) in [4.78, 5) is 22.2. The molecular weight excluding hydrogens is 234 g/mol. The van der Waals surface area contributed by atoms with E-state index in [4.69, 9.17) is 9.47 Å². The highest BCUT2D eigenvalue weighted by Gasteiger charge is 2.15. The molecule has 5 heteroatoms. The van der Waals surface area contributed by atoms with Gasteiger partial charge in [0.25, 0.3) is 0 Å². The van der Waals surface area contributed by atoms with Gasteiger partial charge < -0.3 is 14.8 Å². The van der Waals surface area contributed by atoms with Crippen LogP contribution in [0.15, 0.2) is 12.2 Å². The van der Waals surface area contributed by atoms with Crippen molar-refractivity contribution >= 4 is 12.1 Å². The molecule has 0 aliphatic rings. The van der Waals surface area contributed by atoms with E-state index in [-0.39, 0.29) is 5.97 Å². The molecule has 0 bridgehead atoms. The minimum absolute atomic E-state index is 0.336. The predicted molar refractivity (Wildman–Crippen MR) is 69.2 cm³/mol. The first-order valence-electron chi connectivity index (χ1n) is 6.15. The SMILES string of the molecule is CCOC(=O)/C=C\CCCNC(=O)OC(C)(C)C. The largest absolute Gasteiger partial charge is 0.463 e. The molecule has 0 unspecified atom stereocenters. The van der Waals surface area contributed by atoms with Crippen LogP contribution in [0.4, 0.5) is 4.79 Å². The Kier molecular flexibility index (Phi) is 7.83. The normalized spacial score (nSPS) is 11.3. The molecule has 0 heterocycles. The molecular formula is C13H23NO4. The van der Waals surface area contributed by atoms with Crippen LogP contribution in [0.1, 0.15) is 40.5 Å². The van der Waals surface area contributed by atoms with Crippen molar-refractivity contribution < 1.29 is 19.1 Å². The molecule has 5 nitrogen and oxygen atoms in total. The van der Waals surface area contributed by atoms with Crippen molar-refractivity contribution in [1.29, 1.82) is 0 Å². The van der Waals surface area contributed by atoms with Gasteiger partial charge >= 0.3 is 12.1 Å². The summed E-state index contributed by atoms with van der Waals surface area (Å²) < 4.78 is 9.80. The monoisotopic (exact) mass is 257 g/mol. The summed E-state index contributed by atoms with van der Waals surface area (Å²) in [5, 5.41) is 2.64. The van der Waals surface area contributed by atoms with E-state index in [1.54, 1.807) is 13.0 Å². The molecule has 0 aliphatic heterocycles. The van der Waals surface area contributed by atoms with Crippen molar-refractivity contribution in [2.24, 2.45) is 0 Å². The van der Waals surface area contributed by atoms with E-state index in [1.807, 2.05) is 20.8 Å². The summed E-state index contributed by atoms with van der Waals surface area (Å²) in [5.41, 5.74) is -0.478. The highest BCUT2D eigenvalue weighted by Crippen LogP contribution is 2.06. The highest BCUT2D eigenvalue weighted by atomic mass is 16.6. The number of amides is 1. The Bertz CT molecular complexity index is 292. The van der Waals surface area contributed by atoms with Gasteiger partial charge in [0, 0.05) is 12.6 Å². The van der Waals surface area contributed by atoms with Crippen molar-refractivity contribution in [2.75, 3.05) is 13.2 Å². The topological polar surface area (TPSA) is 64.6 Å². The predicted octanol–water partition coefficient (Wildman–Crippen LogP) is 2.41. The third-order valence-electron chi connectivity index (χ3n) is 1.76. The molecule has 0 aromatic rings. The van der Waals surface area contributed by atoms with Gasteiger partial charge in [-0.3, -0.25) is 0 Å². The highest BCUT2D eigenvalue weighted by molar-refractivity contribution is 5.81. The minimum Gasteiger partial charge on any atom is -0.463 e. The summed E-state index contributed by atoms with van der Waals surface area (Å²) in [6.45, 7) is 8.10. The molecule has 1 amide bonds. The molecule has 0 rings (SSSR count). The molecule has 0 spiro atoms. The van der Waals surface area contributed by atoms with E-state index in [9.17, 15) is 9.59 Å². The Labute approximate surface area is 109 Å². The zero-order valence-electron chi connectivity index (χ0n) is 11.6. The molecule has 0 fully saturated rings. The molecule has 0 saturated carbocycles. The van der Waals surface area contributed by atoms with Crippen LogP contribution in [0.25, 0.3) is 0 Å². The lowest BCUT2D eigenvalue weighted by Crippen LogP contribution is -2.32. The smallest absolute Gasteiger partial charge is 0.407 e. The third kappa shape index (κ3) is 11.0. The average Bonchev–Trinajstić information content (AvgIpc) is 2.21. The van der Waals surface area contributed by atoms with E-state index >= 15 is 0 Å². The Hall–Kier alpha value is -1.52. The molecule has 0 aromatic carbocycles. The number of hydrogen-bond acceptors (Lipinski definition) is 4. The maximum atomic E-state index is 11.3. The quantitative estimate of drug-likeness (QED) is 0.451. The number of alkyl carbamates (subject to hydrolysis) is 1. The Balaban J connectivity index is 3.57. The number of nitrogens with one attached hydrogen (secondary N) is 1. The maximum absolute atomic E-state index is 11.3. The number of carbonyl (C=O) groups excluding carboxylic acids is 2. The van der Waals surface area contributed by atoms with Gasteiger partial charge in [0.2, 0.25) is 0 Å².